The first-order valence-corrected chi connectivity index (χ1v) is 5.96. The Hall–Kier alpha value is -0.280. The molecule has 0 fully saturated rings. The fraction of sp³-hybridized carbons (Fsp3) is 0.600. The molecule has 0 atom stereocenters. The summed E-state index contributed by atoms with van der Waals surface area (Å²) in [5.41, 5.74) is 0. The number of nitrogens with zero attached hydrogens (tertiary/aromatic N) is 2. The molecule has 0 saturated carbocycles. The normalized spacial score (nSPS) is 11.4. The molecule has 1 aromatic heterocycles. The van der Waals surface area contributed by atoms with Gasteiger partial charge in [-0.05, 0) is 0 Å². The Labute approximate surface area is 94.5 Å². The van der Waals surface area contributed by atoms with Crippen LogP contribution in [0.5, 0.6) is 0 Å². The second-order valence-electron chi connectivity index (χ2n) is 3.71. The molecular weight excluding hydrogens is 216 g/mol. The molecule has 14 heavy (non-hydrogen) atoms. The molecule has 0 amide bonds. The van der Waals surface area contributed by atoms with Gasteiger partial charge in [0.1, 0.15) is 16.0 Å². The van der Waals surface area contributed by atoms with Crippen LogP contribution >= 0.6 is 23.4 Å². The van der Waals surface area contributed by atoms with Crippen molar-refractivity contribution in [2.45, 2.75) is 43.9 Å². The second-order valence-corrected chi connectivity index (χ2v) is 5.69. The predicted octanol–water partition coefficient (Wildman–Crippen LogP) is 3.75. The van der Waals surface area contributed by atoms with Crippen molar-refractivity contribution in [1.29, 1.82) is 0 Å². The van der Waals surface area contributed by atoms with E-state index in [1.54, 1.807) is 11.8 Å². The summed E-state index contributed by atoms with van der Waals surface area (Å²) in [4.78, 5) is 8.62. The van der Waals surface area contributed by atoms with Gasteiger partial charge >= 0.3 is 0 Å². The molecule has 0 aliphatic rings. The minimum atomic E-state index is 0.320. The van der Waals surface area contributed by atoms with E-state index in [4.69, 9.17) is 11.6 Å². The molecule has 0 radical (unpaired) electrons. The highest BCUT2D eigenvalue weighted by Crippen LogP contribution is 2.24. The number of thioether (sulfide) groups is 1. The molecule has 0 aliphatic heterocycles. The van der Waals surface area contributed by atoms with E-state index in [9.17, 15) is 0 Å². The van der Waals surface area contributed by atoms with Gasteiger partial charge in [-0.1, -0.05) is 39.3 Å². The zero-order valence-electron chi connectivity index (χ0n) is 8.91. The molecule has 4 heteroatoms. The van der Waals surface area contributed by atoms with E-state index in [0.29, 0.717) is 16.3 Å². The molecule has 0 aliphatic carbocycles. The van der Waals surface area contributed by atoms with Crippen molar-refractivity contribution in [1.82, 2.24) is 9.97 Å². The third-order valence-electron chi connectivity index (χ3n) is 1.56. The fourth-order valence-electron chi connectivity index (χ4n) is 0.974. The molecule has 78 valence electrons. The van der Waals surface area contributed by atoms with Crippen molar-refractivity contribution in [2.24, 2.45) is 0 Å². The third-order valence-corrected chi connectivity index (χ3v) is 2.68. The Morgan fingerprint density at radius 2 is 1.86 bits per heavy atom. The number of rotatable bonds is 3. The van der Waals surface area contributed by atoms with Gasteiger partial charge in [-0.2, -0.15) is 0 Å². The maximum Gasteiger partial charge on any atom is 0.133 e. The van der Waals surface area contributed by atoms with Gasteiger partial charge in [0.05, 0.1) is 0 Å². The number of hydrogen-bond acceptors (Lipinski definition) is 3. The monoisotopic (exact) mass is 230 g/mol. The molecule has 0 aromatic carbocycles. The summed E-state index contributed by atoms with van der Waals surface area (Å²) in [7, 11) is 0. The largest absolute Gasteiger partial charge is 0.226 e. The van der Waals surface area contributed by atoms with Crippen molar-refractivity contribution in [3.05, 3.63) is 17.0 Å². The van der Waals surface area contributed by atoms with E-state index in [1.807, 2.05) is 6.07 Å². The molecule has 1 aromatic rings. The van der Waals surface area contributed by atoms with E-state index in [1.165, 1.54) is 0 Å². The minimum Gasteiger partial charge on any atom is -0.226 e. The summed E-state index contributed by atoms with van der Waals surface area (Å²) in [6, 6.07) is 1.82. The summed E-state index contributed by atoms with van der Waals surface area (Å²) < 4.78 is 0. The lowest BCUT2D eigenvalue weighted by Gasteiger charge is -2.08. The van der Waals surface area contributed by atoms with E-state index < -0.39 is 0 Å². The Bertz CT molecular complexity index is 313. The van der Waals surface area contributed by atoms with Crippen LogP contribution in [0, 0.1) is 0 Å². The Morgan fingerprint density at radius 1 is 1.21 bits per heavy atom. The van der Waals surface area contributed by atoms with E-state index in [-0.39, 0.29) is 0 Å². The summed E-state index contributed by atoms with van der Waals surface area (Å²) >= 11 is 7.62. The summed E-state index contributed by atoms with van der Waals surface area (Å²) in [5.74, 6) is 1.14. The van der Waals surface area contributed by atoms with Gasteiger partial charge < -0.3 is 0 Å². The van der Waals surface area contributed by atoms with E-state index in [2.05, 4.69) is 37.7 Å². The predicted molar refractivity (Wildman–Crippen MR) is 62.1 cm³/mol. The van der Waals surface area contributed by atoms with Crippen LogP contribution in [0.4, 0.5) is 0 Å². The first kappa shape index (κ1) is 11.8. The molecule has 1 rings (SSSR count). The highest BCUT2D eigenvalue weighted by atomic mass is 35.5. The van der Waals surface area contributed by atoms with Crippen LogP contribution < -0.4 is 0 Å². The van der Waals surface area contributed by atoms with Crippen LogP contribution in [0.1, 0.15) is 39.4 Å². The SMILES string of the molecule is CC(C)Sc1cc(Cl)nc(C(C)C)n1. The van der Waals surface area contributed by atoms with Crippen LogP contribution in [-0.2, 0) is 0 Å². The van der Waals surface area contributed by atoms with Crippen LogP contribution in [0.3, 0.4) is 0 Å². The van der Waals surface area contributed by atoms with Gasteiger partial charge in [-0.25, -0.2) is 9.97 Å². The lowest BCUT2D eigenvalue weighted by Crippen LogP contribution is -2.00. The second kappa shape index (κ2) is 4.99. The standard InChI is InChI=1S/C10H15ClN2S/c1-6(2)10-12-8(11)5-9(13-10)14-7(3)4/h5-7H,1-4H3. The lowest BCUT2D eigenvalue weighted by molar-refractivity contribution is 0.753. The fourth-order valence-corrected chi connectivity index (χ4v) is 2.04. The zero-order chi connectivity index (χ0) is 10.7. The summed E-state index contributed by atoms with van der Waals surface area (Å²) in [5, 5.41) is 2.01. The van der Waals surface area contributed by atoms with Gasteiger partial charge in [0, 0.05) is 17.2 Å². The van der Waals surface area contributed by atoms with Crippen molar-refractivity contribution < 1.29 is 0 Å². The highest BCUT2D eigenvalue weighted by molar-refractivity contribution is 7.99. The lowest BCUT2D eigenvalue weighted by atomic mass is 10.2. The van der Waals surface area contributed by atoms with Crippen LogP contribution in [0.15, 0.2) is 11.1 Å². The topological polar surface area (TPSA) is 25.8 Å². The molecule has 1 heterocycles. The number of halogens is 1. The van der Waals surface area contributed by atoms with E-state index in [0.717, 1.165) is 10.9 Å². The summed E-state index contributed by atoms with van der Waals surface area (Å²) in [6.45, 7) is 8.40. The van der Waals surface area contributed by atoms with Gasteiger partial charge in [0.2, 0.25) is 0 Å². The van der Waals surface area contributed by atoms with Gasteiger partial charge in [0.25, 0.3) is 0 Å². The Balaban J connectivity index is 2.95. The van der Waals surface area contributed by atoms with Crippen LogP contribution in [0.2, 0.25) is 5.15 Å². The van der Waals surface area contributed by atoms with Gasteiger partial charge in [-0.15, -0.1) is 11.8 Å². The van der Waals surface area contributed by atoms with Gasteiger partial charge in [-0.3, -0.25) is 0 Å². The van der Waals surface area contributed by atoms with Crippen LogP contribution in [-0.4, -0.2) is 15.2 Å². The van der Waals surface area contributed by atoms with Crippen molar-refractivity contribution in [3.8, 4) is 0 Å². The number of hydrogen-bond donors (Lipinski definition) is 0. The summed E-state index contributed by atoms with van der Waals surface area (Å²) in [6.07, 6.45) is 0. The first-order chi connectivity index (χ1) is 6.49. The average molecular weight is 231 g/mol. The number of aromatic nitrogens is 2. The molecule has 0 saturated heterocycles. The molecule has 2 nitrogen and oxygen atoms in total. The molecular formula is C10H15ClN2S. The zero-order valence-corrected chi connectivity index (χ0v) is 10.5. The van der Waals surface area contributed by atoms with Crippen molar-refractivity contribution >= 4 is 23.4 Å². The molecule has 0 spiro atoms. The Morgan fingerprint density at radius 3 is 2.36 bits per heavy atom. The maximum absolute atomic E-state index is 5.91. The van der Waals surface area contributed by atoms with E-state index >= 15 is 0 Å². The van der Waals surface area contributed by atoms with Crippen molar-refractivity contribution in [3.63, 3.8) is 0 Å². The molecule has 0 bridgehead atoms. The maximum atomic E-state index is 5.91. The third kappa shape index (κ3) is 3.46. The van der Waals surface area contributed by atoms with Crippen molar-refractivity contribution in [2.75, 3.05) is 0 Å². The molecule has 0 unspecified atom stereocenters. The first-order valence-electron chi connectivity index (χ1n) is 4.70. The average Bonchev–Trinajstić information content (AvgIpc) is 2.01. The van der Waals surface area contributed by atoms with Gasteiger partial charge in [0.15, 0.2) is 0 Å². The van der Waals surface area contributed by atoms with Crippen LogP contribution in [0.25, 0.3) is 0 Å². The highest BCUT2D eigenvalue weighted by Gasteiger charge is 2.08. The minimum absolute atomic E-state index is 0.320. The quantitative estimate of drug-likeness (QED) is 0.584. The molecule has 0 N–H and O–H groups in total. The smallest absolute Gasteiger partial charge is 0.133 e. The Kier molecular flexibility index (Phi) is 4.20.